The van der Waals surface area contributed by atoms with E-state index in [1.54, 1.807) is 0 Å². The molecular formula is C6H7BrN2O3S. The standard InChI is InChI=1S/C6H7BrN2O3S/c7-6-8-5(9-12-6)4-1-2-13(10,11)3-4/h4H,1-3H2. The number of rotatable bonds is 1. The first-order valence-electron chi connectivity index (χ1n) is 3.76. The molecule has 0 N–H and O–H groups in total. The summed E-state index contributed by atoms with van der Waals surface area (Å²) in [5, 5.41) is 3.67. The fraction of sp³-hybridized carbons (Fsp3) is 0.667. The second kappa shape index (κ2) is 3.06. The lowest BCUT2D eigenvalue weighted by Crippen LogP contribution is -2.04. The highest BCUT2D eigenvalue weighted by Gasteiger charge is 2.32. The lowest BCUT2D eigenvalue weighted by atomic mass is 10.1. The van der Waals surface area contributed by atoms with E-state index < -0.39 is 9.84 Å². The summed E-state index contributed by atoms with van der Waals surface area (Å²) in [4.78, 5) is 4.23. The Balaban J connectivity index is 2.21. The van der Waals surface area contributed by atoms with E-state index in [1.807, 2.05) is 0 Å². The molecule has 1 aromatic heterocycles. The summed E-state index contributed by atoms with van der Waals surface area (Å²) in [6.07, 6.45) is 0.592. The fourth-order valence-corrected chi connectivity index (χ4v) is 3.37. The van der Waals surface area contributed by atoms with E-state index in [2.05, 4.69) is 26.1 Å². The van der Waals surface area contributed by atoms with Crippen LogP contribution in [0.15, 0.2) is 9.32 Å². The van der Waals surface area contributed by atoms with Crippen molar-refractivity contribution in [2.45, 2.75) is 12.3 Å². The Morgan fingerprint density at radius 1 is 1.54 bits per heavy atom. The van der Waals surface area contributed by atoms with Crippen LogP contribution < -0.4 is 0 Å². The SMILES string of the molecule is O=S1(=O)CCC(c2noc(Br)n2)C1. The zero-order chi connectivity index (χ0) is 9.47. The summed E-state index contributed by atoms with van der Waals surface area (Å²) in [6, 6.07) is 0. The highest BCUT2D eigenvalue weighted by Crippen LogP contribution is 2.27. The molecule has 0 aliphatic carbocycles. The second-order valence-corrected chi connectivity index (χ2v) is 5.91. The average molecular weight is 267 g/mol. The van der Waals surface area contributed by atoms with Gasteiger partial charge in [-0.05, 0) is 6.42 Å². The molecule has 0 bridgehead atoms. The van der Waals surface area contributed by atoms with Gasteiger partial charge in [-0.2, -0.15) is 4.98 Å². The van der Waals surface area contributed by atoms with Crippen molar-refractivity contribution < 1.29 is 12.9 Å². The van der Waals surface area contributed by atoms with Gasteiger partial charge in [-0.25, -0.2) is 8.42 Å². The first-order valence-corrected chi connectivity index (χ1v) is 6.38. The van der Waals surface area contributed by atoms with Crippen LogP contribution in [0.25, 0.3) is 0 Å². The van der Waals surface area contributed by atoms with E-state index in [1.165, 1.54) is 0 Å². The van der Waals surface area contributed by atoms with Crippen molar-refractivity contribution in [3.05, 3.63) is 10.6 Å². The Morgan fingerprint density at radius 3 is 2.77 bits per heavy atom. The zero-order valence-electron chi connectivity index (χ0n) is 6.60. The summed E-state index contributed by atoms with van der Waals surface area (Å²) in [7, 11) is -2.87. The summed E-state index contributed by atoms with van der Waals surface area (Å²) < 4.78 is 27.0. The molecule has 1 aliphatic heterocycles. The van der Waals surface area contributed by atoms with Gasteiger partial charge >= 0.3 is 0 Å². The highest BCUT2D eigenvalue weighted by atomic mass is 79.9. The molecule has 72 valence electrons. The number of hydrogen-bond acceptors (Lipinski definition) is 5. The lowest BCUT2D eigenvalue weighted by molar-refractivity contribution is 0.387. The molecule has 1 aromatic rings. The summed E-state index contributed by atoms with van der Waals surface area (Å²) in [6.45, 7) is 0. The topological polar surface area (TPSA) is 73.1 Å². The van der Waals surface area contributed by atoms with Crippen LogP contribution in [-0.4, -0.2) is 30.1 Å². The molecule has 0 aromatic carbocycles. The molecule has 0 radical (unpaired) electrons. The van der Waals surface area contributed by atoms with Crippen molar-refractivity contribution in [2.24, 2.45) is 0 Å². The van der Waals surface area contributed by atoms with Gasteiger partial charge in [0.15, 0.2) is 15.7 Å². The third kappa shape index (κ3) is 1.91. The van der Waals surface area contributed by atoms with Crippen molar-refractivity contribution in [2.75, 3.05) is 11.5 Å². The summed E-state index contributed by atoms with van der Waals surface area (Å²) in [5.41, 5.74) is 0. The van der Waals surface area contributed by atoms with Crippen molar-refractivity contribution in [1.82, 2.24) is 10.1 Å². The predicted molar refractivity (Wildman–Crippen MR) is 48.0 cm³/mol. The number of halogens is 1. The Kier molecular flexibility index (Phi) is 2.15. The van der Waals surface area contributed by atoms with E-state index in [4.69, 9.17) is 4.52 Å². The molecule has 7 heteroatoms. The number of hydrogen-bond donors (Lipinski definition) is 0. The van der Waals surface area contributed by atoms with Crippen LogP contribution in [0.3, 0.4) is 0 Å². The first-order chi connectivity index (χ1) is 6.07. The monoisotopic (exact) mass is 266 g/mol. The van der Waals surface area contributed by atoms with Crippen molar-refractivity contribution in [1.29, 1.82) is 0 Å². The van der Waals surface area contributed by atoms with Crippen LogP contribution in [0.1, 0.15) is 18.2 Å². The van der Waals surface area contributed by atoms with Gasteiger partial charge in [0.1, 0.15) is 0 Å². The van der Waals surface area contributed by atoms with Crippen LogP contribution >= 0.6 is 15.9 Å². The zero-order valence-corrected chi connectivity index (χ0v) is 9.01. The molecule has 0 spiro atoms. The van der Waals surface area contributed by atoms with Crippen LogP contribution in [0.4, 0.5) is 0 Å². The normalized spacial score (nSPS) is 26.4. The quantitative estimate of drug-likeness (QED) is 0.750. The largest absolute Gasteiger partial charge is 0.327 e. The molecule has 1 aliphatic rings. The van der Waals surface area contributed by atoms with Gasteiger partial charge in [0, 0.05) is 21.8 Å². The van der Waals surface area contributed by atoms with E-state index in [9.17, 15) is 8.42 Å². The smallest absolute Gasteiger partial charge is 0.293 e. The molecule has 13 heavy (non-hydrogen) atoms. The lowest BCUT2D eigenvalue weighted by Gasteiger charge is -1.97. The first kappa shape index (κ1) is 9.14. The van der Waals surface area contributed by atoms with Gasteiger partial charge in [0.2, 0.25) is 0 Å². The molecule has 2 heterocycles. The molecular weight excluding hydrogens is 260 g/mol. The van der Waals surface area contributed by atoms with Crippen molar-refractivity contribution in [3.8, 4) is 0 Å². The number of aromatic nitrogens is 2. The van der Waals surface area contributed by atoms with Gasteiger partial charge in [-0.3, -0.25) is 0 Å². The van der Waals surface area contributed by atoms with Crippen LogP contribution in [0.2, 0.25) is 0 Å². The van der Waals surface area contributed by atoms with Gasteiger partial charge in [0.05, 0.1) is 11.5 Å². The van der Waals surface area contributed by atoms with E-state index in [-0.39, 0.29) is 17.4 Å². The summed E-state index contributed by atoms with van der Waals surface area (Å²) >= 11 is 3.02. The number of nitrogens with zero attached hydrogens (tertiary/aromatic N) is 2. The Hall–Kier alpha value is -0.430. The third-order valence-electron chi connectivity index (χ3n) is 2.01. The Labute approximate surface area is 83.6 Å². The fourth-order valence-electron chi connectivity index (χ4n) is 1.38. The molecule has 1 atom stereocenters. The second-order valence-electron chi connectivity index (χ2n) is 3.01. The minimum Gasteiger partial charge on any atom is -0.327 e. The van der Waals surface area contributed by atoms with Gasteiger partial charge < -0.3 is 4.52 Å². The van der Waals surface area contributed by atoms with E-state index in [0.29, 0.717) is 17.0 Å². The van der Waals surface area contributed by atoms with Gasteiger partial charge in [-0.1, -0.05) is 5.16 Å². The van der Waals surface area contributed by atoms with E-state index >= 15 is 0 Å². The molecule has 0 amide bonds. The predicted octanol–water partition coefficient (Wildman–Crippen LogP) is 0.734. The van der Waals surface area contributed by atoms with Gasteiger partial charge in [-0.15, -0.1) is 0 Å². The molecule has 1 fully saturated rings. The minimum atomic E-state index is -2.87. The van der Waals surface area contributed by atoms with E-state index in [0.717, 1.165) is 0 Å². The minimum absolute atomic E-state index is 0.0972. The highest BCUT2D eigenvalue weighted by molar-refractivity contribution is 9.10. The van der Waals surface area contributed by atoms with Crippen LogP contribution in [0, 0.1) is 0 Å². The number of sulfone groups is 1. The summed E-state index contributed by atoms with van der Waals surface area (Å²) in [5.74, 6) is 0.746. The maximum absolute atomic E-state index is 11.1. The van der Waals surface area contributed by atoms with Crippen LogP contribution in [0.5, 0.6) is 0 Å². The Bertz CT molecular complexity index is 413. The molecule has 1 unspecified atom stereocenters. The maximum Gasteiger partial charge on any atom is 0.293 e. The maximum atomic E-state index is 11.1. The van der Waals surface area contributed by atoms with Crippen LogP contribution in [-0.2, 0) is 9.84 Å². The average Bonchev–Trinajstić information content (AvgIpc) is 2.56. The molecule has 0 saturated carbocycles. The molecule has 5 nitrogen and oxygen atoms in total. The Morgan fingerprint density at radius 2 is 2.31 bits per heavy atom. The van der Waals surface area contributed by atoms with Gasteiger partial charge in [0.25, 0.3) is 4.80 Å². The molecule has 1 saturated heterocycles. The van der Waals surface area contributed by atoms with Crippen molar-refractivity contribution >= 4 is 25.8 Å². The third-order valence-corrected chi connectivity index (χ3v) is 4.10. The molecule has 2 rings (SSSR count). The van der Waals surface area contributed by atoms with Crippen molar-refractivity contribution in [3.63, 3.8) is 0 Å².